The number of hydrogen-bond donors (Lipinski definition) is 3. The summed E-state index contributed by atoms with van der Waals surface area (Å²) in [5.41, 5.74) is 9.69. The number of rotatable bonds is 5. The first-order chi connectivity index (χ1) is 17.5. The first-order valence-corrected chi connectivity index (χ1v) is 11.9. The number of H-pyrrole nitrogens is 1. The molecule has 9 heteroatoms. The highest BCUT2D eigenvalue weighted by Crippen LogP contribution is 2.33. The van der Waals surface area contributed by atoms with Crippen LogP contribution in [0.2, 0.25) is 0 Å². The SMILES string of the molecule is Cc1cc([C@@H](C)Nc2cc(C)[nH]c(=O)c2C(N)=O)c2oc(-c3ccc4nn(C)cc4c3)c(C)c(=O)c2c1. The second-order valence-electron chi connectivity index (χ2n) is 9.49. The highest BCUT2D eigenvalue weighted by molar-refractivity contribution is 5.98. The zero-order valence-electron chi connectivity index (χ0n) is 21.2. The van der Waals surface area contributed by atoms with E-state index in [4.69, 9.17) is 10.2 Å². The van der Waals surface area contributed by atoms with Gasteiger partial charge in [-0.1, -0.05) is 6.07 Å². The van der Waals surface area contributed by atoms with E-state index in [1.165, 1.54) is 0 Å². The summed E-state index contributed by atoms with van der Waals surface area (Å²) in [7, 11) is 1.86. The van der Waals surface area contributed by atoms with Gasteiger partial charge in [0.15, 0.2) is 5.43 Å². The van der Waals surface area contributed by atoms with Gasteiger partial charge in [-0.05, 0) is 63.6 Å². The minimum atomic E-state index is -0.833. The maximum atomic E-state index is 13.5. The number of aryl methyl sites for hydroxylation is 3. The van der Waals surface area contributed by atoms with Gasteiger partial charge in [-0.2, -0.15) is 5.10 Å². The van der Waals surface area contributed by atoms with Crippen molar-refractivity contribution >= 4 is 33.5 Å². The first-order valence-electron chi connectivity index (χ1n) is 11.9. The van der Waals surface area contributed by atoms with Crippen LogP contribution in [0.3, 0.4) is 0 Å². The molecular weight excluding hydrogens is 470 g/mol. The first kappa shape index (κ1) is 24.1. The monoisotopic (exact) mass is 497 g/mol. The van der Waals surface area contributed by atoms with Gasteiger partial charge in [0, 0.05) is 41.0 Å². The number of aromatic amines is 1. The Morgan fingerprint density at radius 2 is 1.89 bits per heavy atom. The Balaban J connectivity index is 1.69. The Morgan fingerprint density at radius 1 is 1.14 bits per heavy atom. The molecule has 3 aromatic heterocycles. The van der Waals surface area contributed by atoms with Crippen LogP contribution >= 0.6 is 0 Å². The molecule has 0 aliphatic carbocycles. The van der Waals surface area contributed by atoms with Crippen molar-refractivity contribution in [3.05, 3.63) is 91.1 Å². The van der Waals surface area contributed by atoms with Gasteiger partial charge in [0.2, 0.25) is 0 Å². The highest BCUT2D eigenvalue weighted by atomic mass is 16.3. The number of anilines is 1. The number of nitrogens with one attached hydrogen (secondary N) is 2. The fraction of sp³-hybridized carbons (Fsp3) is 0.214. The minimum absolute atomic E-state index is 0.121. The number of benzene rings is 2. The number of amides is 1. The summed E-state index contributed by atoms with van der Waals surface area (Å²) in [6, 6.07) is 10.7. The molecule has 0 fully saturated rings. The lowest BCUT2D eigenvalue weighted by Gasteiger charge is -2.20. The molecule has 1 atom stereocenters. The second-order valence-corrected chi connectivity index (χ2v) is 9.49. The summed E-state index contributed by atoms with van der Waals surface area (Å²) in [5.74, 6) is -0.356. The largest absolute Gasteiger partial charge is 0.455 e. The van der Waals surface area contributed by atoms with Crippen LogP contribution in [0.25, 0.3) is 33.2 Å². The molecule has 0 aliphatic rings. The molecule has 2 aromatic carbocycles. The average molecular weight is 498 g/mol. The van der Waals surface area contributed by atoms with Gasteiger partial charge in [0.05, 0.1) is 22.6 Å². The van der Waals surface area contributed by atoms with E-state index in [-0.39, 0.29) is 11.0 Å². The third-order valence-corrected chi connectivity index (χ3v) is 6.53. The lowest BCUT2D eigenvalue weighted by Crippen LogP contribution is -2.27. The number of aromatic nitrogens is 3. The minimum Gasteiger partial charge on any atom is -0.455 e. The van der Waals surface area contributed by atoms with Gasteiger partial charge in [0.25, 0.3) is 11.5 Å². The Bertz CT molecular complexity index is 1840. The van der Waals surface area contributed by atoms with Crippen molar-refractivity contribution in [2.75, 3.05) is 5.32 Å². The van der Waals surface area contributed by atoms with Gasteiger partial charge in [-0.3, -0.25) is 19.1 Å². The number of primary amides is 1. The van der Waals surface area contributed by atoms with Crippen LogP contribution in [0.1, 0.15) is 45.7 Å². The smallest absolute Gasteiger partial charge is 0.263 e. The van der Waals surface area contributed by atoms with Crippen molar-refractivity contribution in [2.24, 2.45) is 12.8 Å². The Hall–Kier alpha value is -4.66. The van der Waals surface area contributed by atoms with E-state index in [2.05, 4.69) is 15.4 Å². The average Bonchev–Trinajstić information content (AvgIpc) is 3.19. The summed E-state index contributed by atoms with van der Waals surface area (Å²) in [5, 5.41) is 9.05. The zero-order chi connectivity index (χ0) is 26.6. The topological polar surface area (TPSA) is 136 Å². The molecule has 5 aromatic rings. The predicted molar refractivity (Wildman–Crippen MR) is 144 cm³/mol. The van der Waals surface area contributed by atoms with Gasteiger partial charge in [-0.25, -0.2) is 0 Å². The molecule has 3 heterocycles. The normalized spacial score (nSPS) is 12.2. The molecule has 0 aliphatic heterocycles. The van der Waals surface area contributed by atoms with E-state index in [0.717, 1.165) is 22.0 Å². The Kier molecular flexibility index (Phi) is 5.70. The molecule has 0 saturated heterocycles. The number of hydrogen-bond acceptors (Lipinski definition) is 6. The van der Waals surface area contributed by atoms with Crippen LogP contribution in [-0.4, -0.2) is 20.7 Å². The molecule has 9 nitrogen and oxygen atoms in total. The third-order valence-electron chi connectivity index (χ3n) is 6.53. The van der Waals surface area contributed by atoms with E-state index in [1.807, 2.05) is 57.4 Å². The van der Waals surface area contributed by atoms with Crippen molar-refractivity contribution in [2.45, 2.75) is 33.7 Å². The fourth-order valence-corrected chi connectivity index (χ4v) is 4.81. The van der Waals surface area contributed by atoms with E-state index < -0.39 is 17.5 Å². The van der Waals surface area contributed by atoms with Crippen LogP contribution in [0.4, 0.5) is 5.69 Å². The van der Waals surface area contributed by atoms with Crippen molar-refractivity contribution in [1.29, 1.82) is 0 Å². The van der Waals surface area contributed by atoms with Crippen molar-refractivity contribution in [3.8, 4) is 11.3 Å². The van der Waals surface area contributed by atoms with Crippen molar-refractivity contribution < 1.29 is 9.21 Å². The Morgan fingerprint density at radius 3 is 2.62 bits per heavy atom. The van der Waals surface area contributed by atoms with Crippen LogP contribution in [0.15, 0.2) is 56.6 Å². The number of carbonyl (C=O) groups excluding carboxylic acids is 1. The van der Waals surface area contributed by atoms with Crippen molar-refractivity contribution in [3.63, 3.8) is 0 Å². The van der Waals surface area contributed by atoms with E-state index in [1.54, 1.807) is 24.6 Å². The quantitative estimate of drug-likeness (QED) is 0.332. The molecule has 5 rings (SSSR count). The maximum absolute atomic E-state index is 13.5. The van der Waals surface area contributed by atoms with Crippen LogP contribution < -0.4 is 22.0 Å². The van der Waals surface area contributed by atoms with Gasteiger partial charge < -0.3 is 20.5 Å². The molecule has 37 heavy (non-hydrogen) atoms. The van der Waals surface area contributed by atoms with Crippen LogP contribution in [0.5, 0.6) is 0 Å². The summed E-state index contributed by atoms with van der Waals surface area (Å²) < 4.78 is 8.20. The molecule has 0 unspecified atom stereocenters. The predicted octanol–water partition coefficient (Wildman–Crippen LogP) is 4.23. The molecule has 0 saturated carbocycles. The maximum Gasteiger partial charge on any atom is 0.263 e. The zero-order valence-corrected chi connectivity index (χ0v) is 21.2. The standard InChI is InChI=1S/C28H27N5O4/c1-13-8-19(16(4)31-22-10-14(2)30-28(36)23(22)27(29)35)26-20(9-13)24(34)15(3)25(37-26)17-6-7-21-18(11-17)12-33(5)32-21/h6-12,16H,1-5H3,(H2,29,35)(H2,30,31,36)/t16-/m1/s1. The van der Waals surface area contributed by atoms with Gasteiger partial charge in [-0.15, -0.1) is 0 Å². The van der Waals surface area contributed by atoms with Crippen LogP contribution in [-0.2, 0) is 7.05 Å². The number of nitrogens with two attached hydrogens (primary N) is 1. The highest BCUT2D eigenvalue weighted by Gasteiger charge is 2.21. The van der Waals surface area contributed by atoms with Gasteiger partial charge >= 0.3 is 0 Å². The number of fused-ring (bicyclic) bond motifs is 2. The molecule has 4 N–H and O–H groups in total. The fourth-order valence-electron chi connectivity index (χ4n) is 4.81. The second kappa shape index (κ2) is 8.77. The number of pyridine rings is 1. The lowest BCUT2D eigenvalue weighted by atomic mass is 9.98. The summed E-state index contributed by atoms with van der Waals surface area (Å²) >= 11 is 0. The summed E-state index contributed by atoms with van der Waals surface area (Å²) in [6.07, 6.45) is 1.91. The molecule has 1 amide bonds. The van der Waals surface area contributed by atoms with Gasteiger partial charge in [0.1, 0.15) is 16.9 Å². The molecule has 188 valence electrons. The molecule has 0 radical (unpaired) electrons. The van der Waals surface area contributed by atoms with Crippen molar-refractivity contribution in [1.82, 2.24) is 14.8 Å². The summed E-state index contributed by atoms with van der Waals surface area (Å²) in [4.78, 5) is 40.5. The molecule has 0 spiro atoms. The number of carbonyl (C=O) groups is 1. The van der Waals surface area contributed by atoms with E-state index in [0.29, 0.717) is 39.2 Å². The van der Waals surface area contributed by atoms with E-state index in [9.17, 15) is 14.4 Å². The third kappa shape index (κ3) is 4.18. The van der Waals surface area contributed by atoms with Crippen LogP contribution in [0, 0.1) is 20.8 Å². The number of nitrogens with zero attached hydrogens (tertiary/aromatic N) is 2. The van der Waals surface area contributed by atoms with E-state index >= 15 is 0 Å². The lowest BCUT2D eigenvalue weighted by molar-refractivity contribution is 0.0999. The summed E-state index contributed by atoms with van der Waals surface area (Å²) in [6.45, 7) is 7.25. The molecular formula is C28H27N5O4. The Labute approximate surface area is 211 Å². The molecule has 0 bridgehead atoms.